The molecule has 122 valence electrons. The van der Waals surface area contributed by atoms with Crippen molar-refractivity contribution in [3.05, 3.63) is 22.4 Å². The summed E-state index contributed by atoms with van der Waals surface area (Å²) in [4.78, 5) is 8.12. The first-order valence-electron chi connectivity index (χ1n) is 7.75. The second kappa shape index (κ2) is 7.01. The van der Waals surface area contributed by atoms with Gasteiger partial charge < -0.3 is 14.5 Å². The molecule has 0 saturated heterocycles. The number of hydrogen-bond donors (Lipinski definition) is 1. The molecule has 0 aliphatic rings. The van der Waals surface area contributed by atoms with Gasteiger partial charge in [0.2, 0.25) is 0 Å². The highest BCUT2D eigenvalue weighted by molar-refractivity contribution is 9.10. The van der Waals surface area contributed by atoms with E-state index < -0.39 is 0 Å². The van der Waals surface area contributed by atoms with Crippen LogP contribution in [-0.2, 0) is 4.74 Å². The van der Waals surface area contributed by atoms with Gasteiger partial charge in [-0.25, -0.2) is 4.98 Å². The molecule has 0 amide bonds. The van der Waals surface area contributed by atoms with Crippen molar-refractivity contribution in [1.82, 2.24) is 9.97 Å². The number of rotatable bonds is 6. The lowest BCUT2D eigenvalue weighted by Crippen LogP contribution is -2.23. The summed E-state index contributed by atoms with van der Waals surface area (Å²) in [6.07, 6.45) is 3.21. The minimum Gasteiger partial charge on any atom is -0.495 e. The van der Waals surface area contributed by atoms with Crippen molar-refractivity contribution < 1.29 is 9.47 Å². The number of imidazole rings is 1. The topological polar surface area (TPSA) is 47.1 Å². The highest BCUT2D eigenvalue weighted by Gasteiger charge is 2.23. The number of aromatic nitrogens is 2. The fraction of sp³-hybridized carbons (Fsp3) is 0.588. The standard InChI is InChI=1S/C17H25BrN2O2/c1-6-7-8-14(22-17(2,3)4)16-19-12-9-11(18)15(21-5)10-13(12)20-16/h9-10,14H,6-8H2,1-5H3,(H,19,20). The average Bonchev–Trinajstić information content (AvgIpc) is 2.83. The summed E-state index contributed by atoms with van der Waals surface area (Å²) in [5.74, 6) is 1.67. The molecule has 2 aromatic rings. The zero-order chi connectivity index (χ0) is 16.3. The molecule has 0 spiro atoms. The van der Waals surface area contributed by atoms with Crippen LogP contribution in [-0.4, -0.2) is 22.7 Å². The smallest absolute Gasteiger partial charge is 0.136 e. The molecule has 22 heavy (non-hydrogen) atoms. The van der Waals surface area contributed by atoms with Crippen LogP contribution in [0.15, 0.2) is 16.6 Å². The van der Waals surface area contributed by atoms with Gasteiger partial charge in [0.1, 0.15) is 17.7 Å². The first kappa shape index (κ1) is 17.3. The van der Waals surface area contributed by atoms with Crippen LogP contribution in [0.5, 0.6) is 5.75 Å². The Hall–Kier alpha value is -1.07. The van der Waals surface area contributed by atoms with Gasteiger partial charge in [-0.15, -0.1) is 0 Å². The summed E-state index contributed by atoms with van der Waals surface area (Å²) in [6.45, 7) is 8.42. The fourth-order valence-corrected chi connectivity index (χ4v) is 2.91. The van der Waals surface area contributed by atoms with Gasteiger partial charge in [0.05, 0.1) is 28.2 Å². The first-order valence-corrected chi connectivity index (χ1v) is 8.54. The number of halogens is 1. The van der Waals surface area contributed by atoms with E-state index in [0.29, 0.717) is 0 Å². The summed E-state index contributed by atoms with van der Waals surface area (Å²) in [5.41, 5.74) is 1.69. The van der Waals surface area contributed by atoms with Crippen LogP contribution in [0.1, 0.15) is 58.9 Å². The summed E-state index contributed by atoms with van der Waals surface area (Å²) >= 11 is 3.51. The lowest BCUT2D eigenvalue weighted by Gasteiger charge is -2.26. The zero-order valence-corrected chi connectivity index (χ0v) is 15.6. The third kappa shape index (κ3) is 4.23. The van der Waals surface area contributed by atoms with Gasteiger partial charge >= 0.3 is 0 Å². The molecule has 1 aromatic heterocycles. The predicted molar refractivity (Wildman–Crippen MR) is 93.4 cm³/mol. The predicted octanol–water partition coefficient (Wildman–Crippen LogP) is 5.38. The summed E-state index contributed by atoms with van der Waals surface area (Å²) < 4.78 is 12.5. The minimum atomic E-state index is -0.199. The number of fused-ring (bicyclic) bond motifs is 1. The van der Waals surface area contributed by atoms with Crippen LogP contribution >= 0.6 is 15.9 Å². The maximum Gasteiger partial charge on any atom is 0.136 e. The van der Waals surface area contributed by atoms with E-state index in [-0.39, 0.29) is 11.7 Å². The molecule has 4 nitrogen and oxygen atoms in total. The maximum atomic E-state index is 6.21. The van der Waals surface area contributed by atoms with Crippen LogP contribution in [0.3, 0.4) is 0 Å². The van der Waals surface area contributed by atoms with Crippen molar-refractivity contribution in [1.29, 1.82) is 0 Å². The molecule has 0 radical (unpaired) electrons. The van der Waals surface area contributed by atoms with Crippen LogP contribution < -0.4 is 4.74 Å². The number of nitrogens with one attached hydrogen (secondary N) is 1. The van der Waals surface area contributed by atoms with Gasteiger partial charge in [0, 0.05) is 6.07 Å². The third-order valence-corrected chi connectivity index (χ3v) is 4.01. The molecule has 2 rings (SSSR count). The van der Waals surface area contributed by atoms with Gasteiger partial charge in [0.15, 0.2) is 0 Å². The number of aromatic amines is 1. The molecule has 0 saturated carbocycles. The molecular formula is C17H25BrN2O2. The van der Waals surface area contributed by atoms with E-state index in [9.17, 15) is 0 Å². The van der Waals surface area contributed by atoms with E-state index in [2.05, 4.69) is 48.6 Å². The van der Waals surface area contributed by atoms with E-state index in [1.54, 1.807) is 7.11 Å². The number of ether oxygens (including phenoxy) is 2. The Labute approximate surface area is 140 Å². The number of benzene rings is 1. The molecule has 0 bridgehead atoms. The van der Waals surface area contributed by atoms with Gasteiger partial charge in [-0.05, 0) is 49.2 Å². The van der Waals surface area contributed by atoms with E-state index in [4.69, 9.17) is 14.5 Å². The van der Waals surface area contributed by atoms with Crippen molar-refractivity contribution in [2.24, 2.45) is 0 Å². The monoisotopic (exact) mass is 368 g/mol. The molecule has 0 aliphatic carbocycles. The average molecular weight is 369 g/mol. The van der Waals surface area contributed by atoms with E-state index in [1.807, 2.05) is 12.1 Å². The van der Waals surface area contributed by atoms with Crippen molar-refractivity contribution in [3.8, 4) is 5.75 Å². The van der Waals surface area contributed by atoms with Crippen LogP contribution in [0.4, 0.5) is 0 Å². The fourth-order valence-electron chi connectivity index (χ4n) is 2.41. The number of methoxy groups -OCH3 is 1. The number of unbranched alkanes of at least 4 members (excludes halogenated alkanes) is 1. The SMILES string of the molecule is CCCCC(OC(C)(C)C)c1nc2cc(OC)c(Br)cc2[nH]1. The van der Waals surface area contributed by atoms with Crippen LogP contribution in [0.25, 0.3) is 11.0 Å². The Morgan fingerprint density at radius 2 is 2.05 bits per heavy atom. The van der Waals surface area contributed by atoms with Gasteiger partial charge in [-0.2, -0.15) is 0 Å². The summed E-state index contributed by atoms with van der Waals surface area (Å²) in [5, 5.41) is 0. The van der Waals surface area contributed by atoms with E-state index in [1.165, 1.54) is 0 Å². The van der Waals surface area contributed by atoms with E-state index in [0.717, 1.165) is 46.3 Å². The second-order valence-electron chi connectivity index (χ2n) is 6.49. The molecule has 0 aliphatic heterocycles. The van der Waals surface area contributed by atoms with Crippen molar-refractivity contribution in [2.75, 3.05) is 7.11 Å². The molecule has 0 fully saturated rings. The van der Waals surface area contributed by atoms with Crippen molar-refractivity contribution in [3.63, 3.8) is 0 Å². The van der Waals surface area contributed by atoms with Crippen molar-refractivity contribution >= 4 is 27.0 Å². The largest absolute Gasteiger partial charge is 0.495 e. The minimum absolute atomic E-state index is 0.0166. The Bertz CT molecular complexity index is 631. The molecule has 1 heterocycles. The van der Waals surface area contributed by atoms with E-state index >= 15 is 0 Å². The summed E-state index contributed by atoms with van der Waals surface area (Å²) in [6, 6.07) is 3.94. The Kier molecular flexibility index (Phi) is 5.50. The molecule has 1 atom stereocenters. The lowest BCUT2D eigenvalue weighted by molar-refractivity contribution is -0.0692. The number of nitrogens with zero attached hydrogens (tertiary/aromatic N) is 1. The second-order valence-corrected chi connectivity index (χ2v) is 7.34. The molecule has 1 aromatic carbocycles. The normalized spacial score (nSPS) is 13.5. The Morgan fingerprint density at radius 3 is 2.64 bits per heavy atom. The molecule has 1 unspecified atom stereocenters. The summed E-state index contributed by atoms with van der Waals surface area (Å²) in [7, 11) is 1.66. The van der Waals surface area contributed by atoms with Crippen molar-refractivity contribution in [2.45, 2.75) is 58.7 Å². The van der Waals surface area contributed by atoms with Crippen LogP contribution in [0.2, 0.25) is 0 Å². The number of H-pyrrole nitrogens is 1. The Balaban J connectivity index is 2.36. The quantitative estimate of drug-likeness (QED) is 0.744. The Morgan fingerprint density at radius 1 is 1.32 bits per heavy atom. The number of hydrogen-bond acceptors (Lipinski definition) is 3. The zero-order valence-electron chi connectivity index (χ0n) is 14.0. The van der Waals surface area contributed by atoms with Gasteiger partial charge in [0.25, 0.3) is 0 Å². The van der Waals surface area contributed by atoms with Gasteiger partial charge in [-0.1, -0.05) is 19.8 Å². The highest BCUT2D eigenvalue weighted by atomic mass is 79.9. The first-order chi connectivity index (χ1) is 10.3. The lowest BCUT2D eigenvalue weighted by atomic mass is 10.1. The molecular weight excluding hydrogens is 344 g/mol. The highest BCUT2D eigenvalue weighted by Crippen LogP contribution is 2.32. The molecule has 1 N–H and O–H groups in total. The van der Waals surface area contributed by atoms with Gasteiger partial charge in [-0.3, -0.25) is 0 Å². The molecule has 5 heteroatoms. The third-order valence-electron chi connectivity index (χ3n) is 3.39. The van der Waals surface area contributed by atoms with Crippen LogP contribution in [0, 0.1) is 0 Å². The maximum absolute atomic E-state index is 6.21.